The number of aryl methyl sites for hydroxylation is 1. The molecule has 6 atom stereocenters. The van der Waals surface area contributed by atoms with E-state index < -0.39 is 72.0 Å². The first-order chi connectivity index (χ1) is 25.5. The molecule has 0 aromatic heterocycles. The zero-order valence-corrected chi connectivity index (χ0v) is 33.2. The molecule has 1 unspecified atom stereocenters. The number of unbranched alkanes of at least 4 members (excludes halogenated alkanes) is 3. The van der Waals surface area contributed by atoms with E-state index in [2.05, 4.69) is 17.6 Å². The van der Waals surface area contributed by atoms with Crippen molar-refractivity contribution in [2.24, 2.45) is 17.8 Å². The van der Waals surface area contributed by atoms with Crippen LogP contribution in [0, 0.1) is 17.8 Å². The van der Waals surface area contributed by atoms with Crippen molar-refractivity contribution in [2.45, 2.75) is 143 Å². The molecule has 54 heavy (non-hydrogen) atoms. The molecule has 1 rings (SSSR count). The summed E-state index contributed by atoms with van der Waals surface area (Å²) in [7, 11) is 1.31. The first-order valence-electron chi connectivity index (χ1n) is 19.3. The molecule has 13 nitrogen and oxygen atoms in total. The van der Waals surface area contributed by atoms with Gasteiger partial charge < -0.3 is 30.5 Å². The third kappa shape index (κ3) is 16.9. The van der Waals surface area contributed by atoms with E-state index in [1.807, 2.05) is 26.0 Å². The van der Waals surface area contributed by atoms with Gasteiger partial charge in [0.15, 0.2) is 23.1 Å². The van der Waals surface area contributed by atoms with Crippen LogP contribution in [-0.4, -0.2) is 100 Å². The Morgan fingerprint density at radius 2 is 1.44 bits per heavy atom. The number of hydrogen-bond donors (Lipinski definition) is 4. The number of ketones is 4. The molecule has 0 saturated heterocycles. The van der Waals surface area contributed by atoms with Crippen LogP contribution in [0.4, 0.5) is 0 Å². The van der Waals surface area contributed by atoms with Gasteiger partial charge in [0.05, 0.1) is 30.7 Å². The van der Waals surface area contributed by atoms with Gasteiger partial charge in [-0.1, -0.05) is 71.2 Å². The number of aldehydes is 1. The highest BCUT2D eigenvalue weighted by Crippen LogP contribution is 2.17. The molecule has 0 bridgehead atoms. The highest BCUT2D eigenvalue weighted by molar-refractivity contribution is 6.00. The fourth-order valence-electron chi connectivity index (χ4n) is 6.14. The molecule has 302 valence electrons. The van der Waals surface area contributed by atoms with Crippen molar-refractivity contribution >= 4 is 47.1 Å². The molecule has 0 aliphatic carbocycles. The number of carbonyl (C=O) groups excluding carboxylic acids is 8. The highest BCUT2D eigenvalue weighted by Gasteiger charge is 2.34. The van der Waals surface area contributed by atoms with Gasteiger partial charge in [-0.2, -0.15) is 0 Å². The van der Waals surface area contributed by atoms with Gasteiger partial charge in [-0.25, -0.2) is 0 Å². The Balaban J connectivity index is 2.74. The Morgan fingerprint density at radius 1 is 0.796 bits per heavy atom. The molecule has 0 fully saturated rings. The van der Waals surface area contributed by atoms with Crippen molar-refractivity contribution in [3.8, 4) is 0 Å². The summed E-state index contributed by atoms with van der Waals surface area (Å²) >= 11 is 0. The van der Waals surface area contributed by atoms with Crippen molar-refractivity contribution < 1.29 is 48.6 Å². The van der Waals surface area contributed by atoms with Crippen molar-refractivity contribution in [3.63, 3.8) is 0 Å². The summed E-state index contributed by atoms with van der Waals surface area (Å²) in [6, 6.07) is 4.04. The Hall–Kier alpha value is -4.10. The molecule has 0 spiro atoms. The number of Topliss-reactive ketones (excluding diaryl/α,β-unsaturated/α-hetero) is 4. The van der Waals surface area contributed by atoms with Gasteiger partial charge in [-0.15, -0.1) is 0 Å². The van der Waals surface area contributed by atoms with E-state index >= 15 is 0 Å². The number of aliphatic hydroxyl groups excluding tert-OH is 2. The smallest absolute Gasteiger partial charge is 0.226 e. The fourth-order valence-corrected chi connectivity index (χ4v) is 6.14. The average Bonchev–Trinajstić information content (AvgIpc) is 3.12. The molecular formula is C41H63N3O10. The van der Waals surface area contributed by atoms with Crippen LogP contribution in [0.15, 0.2) is 24.3 Å². The minimum atomic E-state index is -1.31. The number of nitrogens with zero attached hydrogens (tertiary/aromatic N) is 1. The second-order valence-electron chi connectivity index (χ2n) is 14.8. The molecule has 13 heteroatoms. The molecule has 3 amide bonds. The van der Waals surface area contributed by atoms with Crippen LogP contribution in [-0.2, 0) is 40.0 Å². The molecule has 1 aromatic carbocycles. The summed E-state index contributed by atoms with van der Waals surface area (Å²) in [6.45, 7) is 9.57. The third-order valence-corrected chi connectivity index (χ3v) is 9.52. The molecule has 0 radical (unpaired) electrons. The van der Waals surface area contributed by atoms with Crippen LogP contribution in [0.25, 0.3) is 0 Å². The predicted octanol–water partition coefficient (Wildman–Crippen LogP) is 3.73. The molecule has 0 saturated carbocycles. The van der Waals surface area contributed by atoms with Gasteiger partial charge >= 0.3 is 0 Å². The Bertz CT molecular complexity index is 1410. The quantitative estimate of drug-likeness (QED) is 0.0554. The Labute approximate surface area is 320 Å². The van der Waals surface area contributed by atoms with E-state index in [-0.39, 0.29) is 56.0 Å². The van der Waals surface area contributed by atoms with Gasteiger partial charge in [0.1, 0.15) is 12.3 Å². The van der Waals surface area contributed by atoms with Crippen LogP contribution < -0.4 is 10.6 Å². The number of carbonyl (C=O) groups is 8. The summed E-state index contributed by atoms with van der Waals surface area (Å²) in [5.41, 5.74) is 1.54. The average molecular weight is 758 g/mol. The van der Waals surface area contributed by atoms with Crippen molar-refractivity contribution in [3.05, 3.63) is 35.4 Å². The van der Waals surface area contributed by atoms with Crippen LogP contribution in [0.3, 0.4) is 0 Å². The van der Waals surface area contributed by atoms with Gasteiger partial charge in [0.25, 0.3) is 0 Å². The number of benzene rings is 1. The lowest BCUT2D eigenvalue weighted by Gasteiger charge is -2.30. The number of nitrogens with one attached hydrogen (secondary N) is 2. The molecule has 0 aliphatic heterocycles. The van der Waals surface area contributed by atoms with E-state index in [0.717, 1.165) is 36.1 Å². The lowest BCUT2D eigenvalue weighted by Crippen LogP contribution is -2.50. The topological polar surface area (TPSA) is 204 Å². The summed E-state index contributed by atoms with van der Waals surface area (Å²) < 4.78 is 0. The van der Waals surface area contributed by atoms with Crippen LogP contribution >= 0.6 is 0 Å². The number of likely N-dealkylation sites (N-methyl/N-ethyl adjacent to an activating group) is 1. The molecular weight excluding hydrogens is 694 g/mol. The lowest BCUT2D eigenvalue weighted by atomic mass is 9.93. The summed E-state index contributed by atoms with van der Waals surface area (Å²) in [4.78, 5) is 102. The zero-order chi connectivity index (χ0) is 41.0. The number of hydrogen-bond acceptors (Lipinski definition) is 10. The van der Waals surface area contributed by atoms with E-state index in [1.165, 1.54) is 34.2 Å². The minimum absolute atomic E-state index is 0.0158. The van der Waals surface area contributed by atoms with E-state index in [0.29, 0.717) is 18.3 Å². The number of amides is 3. The van der Waals surface area contributed by atoms with Gasteiger partial charge in [-0.05, 0) is 44.6 Å². The minimum Gasteiger partial charge on any atom is -0.396 e. The van der Waals surface area contributed by atoms with Crippen LogP contribution in [0.5, 0.6) is 0 Å². The van der Waals surface area contributed by atoms with E-state index in [9.17, 15) is 48.6 Å². The molecule has 0 heterocycles. The fraction of sp³-hybridized carbons (Fsp3) is 0.659. The molecule has 4 N–H and O–H groups in total. The number of aliphatic hydroxyl groups is 2. The summed E-state index contributed by atoms with van der Waals surface area (Å²) in [5.74, 6) is -5.45. The number of rotatable bonds is 28. The van der Waals surface area contributed by atoms with Crippen molar-refractivity contribution in [1.29, 1.82) is 0 Å². The van der Waals surface area contributed by atoms with Gasteiger partial charge in [-0.3, -0.25) is 33.6 Å². The predicted molar refractivity (Wildman–Crippen MR) is 204 cm³/mol. The van der Waals surface area contributed by atoms with Crippen LogP contribution in [0.2, 0.25) is 0 Å². The zero-order valence-electron chi connectivity index (χ0n) is 33.2. The van der Waals surface area contributed by atoms with E-state index in [1.54, 1.807) is 12.1 Å². The lowest BCUT2D eigenvalue weighted by molar-refractivity contribution is -0.143. The van der Waals surface area contributed by atoms with Gasteiger partial charge in [0.2, 0.25) is 17.7 Å². The normalized spacial score (nSPS) is 14.6. The first-order valence-corrected chi connectivity index (χ1v) is 19.3. The SMILES string of the molecule is CCCCCCc1ccc(C(=O)C[C@H](CO)C(=O)N[C@H](C)C(=O)CCC(=O)N(C)[C@H](C(=O)C[C@@H](C)C(=O)N[C@@H](CC(C)C)C(=O)CCC=O)C(C)O)cc1. The van der Waals surface area contributed by atoms with Crippen LogP contribution in [0.1, 0.15) is 128 Å². The maximum absolute atomic E-state index is 13.3. The second-order valence-corrected chi connectivity index (χ2v) is 14.8. The van der Waals surface area contributed by atoms with Crippen molar-refractivity contribution in [2.75, 3.05) is 13.7 Å². The maximum Gasteiger partial charge on any atom is 0.226 e. The molecule has 1 aromatic rings. The summed E-state index contributed by atoms with van der Waals surface area (Å²) in [5, 5.41) is 25.5. The highest BCUT2D eigenvalue weighted by atomic mass is 16.3. The molecule has 0 aliphatic rings. The Kier molecular flexibility index (Phi) is 22.2. The summed E-state index contributed by atoms with van der Waals surface area (Å²) in [6.07, 6.45) is 3.93. The standard InChI is InChI=1S/C41H63N3O10/c1-8-9-10-11-13-30-15-17-31(18-16-30)36(50)24-32(25-46)41(54)42-28(5)34(48)19-20-38(52)44(7)39(29(6)47)37(51)23-27(4)40(53)43-33(22-26(2)3)35(49)14-12-21-45/h15-18,21,26-29,32-33,39,46-47H,8-14,19-20,22-25H2,1-7H3,(H,42,54)(H,43,53)/t27-,28-,29?,32-,33+,39+/m1/s1. The van der Waals surface area contributed by atoms with Crippen molar-refractivity contribution in [1.82, 2.24) is 15.5 Å². The third-order valence-electron chi connectivity index (χ3n) is 9.52. The Morgan fingerprint density at radius 3 is 2.00 bits per heavy atom. The van der Waals surface area contributed by atoms with E-state index in [4.69, 9.17) is 0 Å². The second kappa shape index (κ2) is 25.1. The van der Waals surface area contributed by atoms with Gasteiger partial charge in [0, 0.05) is 57.1 Å². The monoisotopic (exact) mass is 757 g/mol. The maximum atomic E-state index is 13.3. The largest absolute Gasteiger partial charge is 0.396 e. The first kappa shape index (κ1) is 47.9.